The summed E-state index contributed by atoms with van der Waals surface area (Å²) in [6.07, 6.45) is 5.41. The molecule has 0 aliphatic carbocycles. The first-order valence-corrected chi connectivity index (χ1v) is 6.55. The van der Waals surface area contributed by atoms with Crippen molar-refractivity contribution in [1.29, 1.82) is 0 Å². The molecule has 1 amide bonds. The van der Waals surface area contributed by atoms with E-state index in [0.717, 1.165) is 25.2 Å². The summed E-state index contributed by atoms with van der Waals surface area (Å²) in [6.45, 7) is 7.61. The number of nitrogens with two attached hydrogens (primary N) is 1. The van der Waals surface area contributed by atoms with Gasteiger partial charge in [0, 0.05) is 25.5 Å². The van der Waals surface area contributed by atoms with Crippen LogP contribution >= 0.6 is 24.8 Å². The highest BCUT2D eigenvalue weighted by atomic mass is 35.5. The summed E-state index contributed by atoms with van der Waals surface area (Å²) < 4.78 is 2.09. The third-order valence-electron chi connectivity index (χ3n) is 2.99. The third kappa shape index (κ3) is 7.12. The van der Waals surface area contributed by atoms with Crippen molar-refractivity contribution in [3.63, 3.8) is 0 Å². The Balaban J connectivity index is 0. The van der Waals surface area contributed by atoms with Gasteiger partial charge in [-0.2, -0.15) is 0 Å². The van der Waals surface area contributed by atoms with Crippen LogP contribution in [0.2, 0.25) is 0 Å². The van der Waals surface area contributed by atoms with Crippen LogP contribution in [0.15, 0.2) is 12.4 Å². The summed E-state index contributed by atoms with van der Waals surface area (Å²) in [5.74, 6) is 1.30. The van der Waals surface area contributed by atoms with Gasteiger partial charge in [-0.25, -0.2) is 4.98 Å². The first-order chi connectivity index (χ1) is 8.54. The standard InChI is InChI=1S/C13H24N4O.2ClH/c1-4-5-12(14)13(18)16-8-10(2)9-17-7-6-15-11(17)3;;/h6-7,10,12H,4-5,8-9,14H2,1-3H3,(H,16,18);2*1H. The van der Waals surface area contributed by atoms with Crippen molar-refractivity contribution >= 4 is 30.7 Å². The lowest BCUT2D eigenvalue weighted by Gasteiger charge is -2.16. The Kier molecular flexibility index (Phi) is 11.8. The Morgan fingerprint density at radius 2 is 2.15 bits per heavy atom. The normalized spacial score (nSPS) is 12.8. The number of nitrogens with zero attached hydrogens (tertiary/aromatic N) is 2. The van der Waals surface area contributed by atoms with Gasteiger partial charge in [0.1, 0.15) is 5.82 Å². The minimum absolute atomic E-state index is 0. The summed E-state index contributed by atoms with van der Waals surface area (Å²) in [5.41, 5.74) is 5.75. The van der Waals surface area contributed by atoms with Crippen molar-refractivity contribution in [2.45, 2.75) is 46.2 Å². The van der Waals surface area contributed by atoms with Crippen molar-refractivity contribution < 1.29 is 4.79 Å². The zero-order chi connectivity index (χ0) is 13.5. The summed E-state index contributed by atoms with van der Waals surface area (Å²) in [7, 11) is 0. The van der Waals surface area contributed by atoms with Crippen molar-refractivity contribution in [2.75, 3.05) is 6.54 Å². The fourth-order valence-electron chi connectivity index (χ4n) is 1.85. The van der Waals surface area contributed by atoms with Gasteiger partial charge in [0.05, 0.1) is 6.04 Å². The number of hydrogen-bond acceptors (Lipinski definition) is 3. The van der Waals surface area contributed by atoms with Crippen molar-refractivity contribution in [3.8, 4) is 0 Å². The van der Waals surface area contributed by atoms with E-state index < -0.39 is 0 Å². The van der Waals surface area contributed by atoms with E-state index in [2.05, 4.69) is 21.8 Å². The number of rotatable bonds is 7. The third-order valence-corrected chi connectivity index (χ3v) is 2.99. The number of carbonyl (C=O) groups excluding carboxylic acids is 1. The van der Waals surface area contributed by atoms with Crippen LogP contribution in [0.1, 0.15) is 32.5 Å². The molecule has 3 N–H and O–H groups in total. The van der Waals surface area contributed by atoms with Crippen LogP contribution in [-0.2, 0) is 11.3 Å². The van der Waals surface area contributed by atoms with Gasteiger partial charge in [-0.05, 0) is 19.3 Å². The molecule has 0 aromatic carbocycles. The average molecular weight is 325 g/mol. The molecule has 0 bridgehead atoms. The Hall–Kier alpha value is -0.780. The predicted octanol–water partition coefficient (Wildman–Crippen LogP) is 1.91. The number of aryl methyl sites for hydroxylation is 1. The summed E-state index contributed by atoms with van der Waals surface area (Å²) in [5, 5.41) is 2.90. The molecule has 20 heavy (non-hydrogen) atoms. The van der Waals surface area contributed by atoms with Gasteiger partial charge in [0.2, 0.25) is 5.91 Å². The lowest BCUT2D eigenvalue weighted by atomic mass is 10.1. The van der Waals surface area contributed by atoms with E-state index in [9.17, 15) is 4.79 Å². The first-order valence-electron chi connectivity index (χ1n) is 6.55. The highest BCUT2D eigenvalue weighted by molar-refractivity contribution is 5.85. The predicted molar refractivity (Wildman–Crippen MR) is 86.5 cm³/mol. The van der Waals surface area contributed by atoms with Crippen molar-refractivity contribution in [2.24, 2.45) is 11.7 Å². The zero-order valence-electron chi connectivity index (χ0n) is 12.3. The highest BCUT2D eigenvalue weighted by Gasteiger charge is 2.13. The van der Waals surface area contributed by atoms with Crippen LogP contribution in [0.5, 0.6) is 0 Å². The van der Waals surface area contributed by atoms with Gasteiger partial charge in [-0.3, -0.25) is 4.79 Å². The van der Waals surface area contributed by atoms with Crippen LogP contribution < -0.4 is 11.1 Å². The molecule has 2 unspecified atom stereocenters. The molecule has 0 radical (unpaired) electrons. The Morgan fingerprint density at radius 3 is 2.65 bits per heavy atom. The Morgan fingerprint density at radius 1 is 1.50 bits per heavy atom. The molecule has 1 aromatic heterocycles. The molecular weight excluding hydrogens is 299 g/mol. The molecule has 2 atom stereocenters. The molecular formula is C13H26Cl2N4O. The van der Waals surface area contributed by atoms with Crippen molar-refractivity contribution in [3.05, 3.63) is 18.2 Å². The molecule has 0 fully saturated rings. The molecule has 1 heterocycles. The number of hydrogen-bond donors (Lipinski definition) is 2. The minimum Gasteiger partial charge on any atom is -0.354 e. The molecule has 0 aliphatic heterocycles. The number of halogens is 2. The Bertz CT molecular complexity index is 384. The van der Waals surface area contributed by atoms with E-state index in [0.29, 0.717) is 12.5 Å². The van der Waals surface area contributed by atoms with Crippen LogP contribution in [0.3, 0.4) is 0 Å². The van der Waals surface area contributed by atoms with E-state index >= 15 is 0 Å². The summed E-state index contributed by atoms with van der Waals surface area (Å²) in [4.78, 5) is 15.8. The molecule has 0 saturated heterocycles. The number of amides is 1. The van der Waals surface area contributed by atoms with E-state index in [1.807, 2.05) is 20.0 Å². The quantitative estimate of drug-likeness (QED) is 0.804. The average Bonchev–Trinajstić information content (AvgIpc) is 2.72. The molecule has 0 spiro atoms. The second-order valence-corrected chi connectivity index (χ2v) is 4.87. The maximum atomic E-state index is 11.7. The van der Waals surface area contributed by atoms with E-state index in [1.54, 1.807) is 6.20 Å². The number of imidazole rings is 1. The van der Waals surface area contributed by atoms with Crippen LogP contribution in [-0.4, -0.2) is 28.0 Å². The van der Waals surface area contributed by atoms with Gasteiger partial charge < -0.3 is 15.6 Å². The molecule has 0 saturated carbocycles. The minimum atomic E-state index is -0.378. The molecule has 0 aliphatic rings. The summed E-state index contributed by atoms with van der Waals surface area (Å²) in [6, 6.07) is -0.378. The second kappa shape index (κ2) is 10.9. The number of nitrogens with one attached hydrogen (secondary N) is 1. The lowest BCUT2D eigenvalue weighted by Crippen LogP contribution is -2.42. The summed E-state index contributed by atoms with van der Waals surface area (Å²) >= 11 is 0. The topological polar surface area (TPSA) is 72.9 Å². The smallest absolute Gasteiger partial charge is 0.236 e. The van der Waals surface area contributed by atoms with Gasteiger partial charge in [-0.15, -0.1) is 24.8 Å². The zero-order valence-corrected chi connectivity index (χ0v) is 14.0. The highest BCUT2D eigenvalue weighted by Crippen LogP contribution is 2.03. The van der Waals surface area contributed by atoms with Gasteiger partial charge in [-0.1, -0.05) is 20.3 Å². The number of carbonyl (C=O) groups is 1. The van der Waals surface area contributed by atoms with E-state index in [1.165, 1.54) is 0 Å². The number of aromatic nitrogens is 2. The van der Waals surface area contributed by atoms with Crippen LogP contribution in [0, 0.1) is 12.8 Å². The van der Waals surface area contributed by atoms with Gasteiger partial charge in [0.25, 0.3) is 0 Å². The van der Waals surface area contributed by atoms with Gasteiger partial charge in [0.15, 0.2) is 0 Å². The van der Waals surface area contributed by atoms with E-state index in [-0.39, 0.29) is 36.8 Å². The van der Waals surface area contributed by atoms with Gasteiger partial charge >= 0.3 is 0 Å². The molecule has 5 nitrogen and oxygen atoms in total. The van der Waals surface area contributed by atoms with Crippen LogP contribution in [0.4, 0.5) is 0 Å². The fourth-order valence-corrected chi connectivity index (χ4v) is 1.85. The molecule has 1 rings (SSSR count). The maximum absolute atomic E-state index is 11.7. The monoisotopic (exact) mass is 324 g/mol. The molecule has 7 heteroatoms. The van der Waals surface area contributed by atoms with E-state index in [4.69, 9.17) is 5.73 Å². The molecule has 118 valence electrons. The Labute approximate surface area is 133 Å². The largest absolute Gasteiger partial charge is 0.354 e. The SMILES string of the molecule is CCCC(N)C(=O)NCC(C)Cn1ccnc1C.Cl.Cl. The second-order valence-electron chi connectivity index (χ2n) is 4.87. The van der Waals surface area contributed by atoms with Crippen LogP contribution in [0.25, 0.3) is 0 Å². The fraction of sp³-hybridized carbons (Fsp3) is 0.692. The molecule has 1 aromatic rings. The van der Waals surface area contributed by atoms with Crippen molar-refractivity contribution in [1.82, 2.24) is 14.9 Å². The lowest BCUT2D eigenvalue weighted by molar-refractivity contribution is -0.122. The maximum Gasteiger partial charge on any atom is 0.236 e. The first kappa shape index (κ1) is 21.5.